The van der Waals surface area contributed by atoms with Crippen molar-refractivity contribution < 1.29 is 22.4 Å². The molecule has 4 nitrogen and oxygen atoms in total. The Labute approximate surface area is 110 Å². The summed E-state index contributed by atoms with van der Waals surface area (Å²) in [7, 11) is 1.29. The number of methoxy groups -OCH3 is 1. The Hall–Kier alpha value is -1.89. The van der Waals surface area contributed by atoms with Gasteiger partial charge in [-0.2, -0.15) is 13.2 Å². The molecule has 0 fully saturated rings. The Morgan fingerprint density at radius 2 is 2.00 bits per heavy atom. The molecule has 0 bridgehead atoms. The molecule has 0 radical (unpaired) electrons. The number of hydrogen-bond acceptors (Lipinski definition) is 4. The minimum absolute atomic E-state index is 0.0226. The highest BCUT2D eigenvalue weighted by atomic mass is 35.5. The van der Waals surface area contributed by atoms with Crippen LogP contribution in [-0.2, 0) is 6.18 Å². The summed E-state index contributed by atoms with van der Waals surface area (Å²) in [4.78, 5) is 0. The van der Waals surface area contributed by atoms with Crippen LogP contribution in [0.2, 0.25) is 5.02 Å². The number of anilines is 1. The van der Waals surface area contributed by atoms with Crippen LogP contribution in [0.25, 0.3) is 11.3 Å². The normalized spacial score (nSPS) is 11.6. The van der Waals surface area contributed by atoms with Gasteiger partial charge >= 0.3 is 6.18 Å². The lowest BCUT2D eigenvalue weighted by molar-refractivity contribution is -0.137. The molecule has 0 saturated carbocycles. The number of alkyl halides is 3. The summed E-state index contributed by atoms with van der Waals surface area (Å²) < 4.78 is 47.8. The average Bonchev–Trinajstić information content (AvgIpc) is 2.73. The van der Waals surface area contributed by atoms with Gasteiger partial charge in [-0.1, -0.05) is 16.8 Å². The van der Waals surface area contributed by atoms with Crippen molar-refractivity contribution in [3.8, 4) is 17.0 Å². The fourth-order valence-electron chi connectivity index (χ4n) is 1.57. The van der Waals surface area contributed by atoms with E-state index in [0.717, 1.165) is 12.1 Å². The monoisotopic (exact) mass is 292 g/mol. The van der Waals surface area contributed by atoms with Gasteiger partial charge in [-0.05, 0) is 12.1 Å². The van der Waals surface area contributed by atoms with Crippen molar-refractivity contribution in [2.45, 2.75) is 6.18 Å². The molecular formula is C11H8ClF3N2O2. The minimum atomic E-state index is -4.53. The Morgan fingerprint density at radius 3 is 2.47 bits per heavy atom. The van der Waals surface area contributed by atoms with Crippen molar-refractivity contribution in [1.29, 1.82) is 0 Å². The first-order valence-electron chi connectivity index (χ1n) is 5.00. The van der Waals surface area contributed by atoms with E-state index in [0.29, 0.717) is 0 Å². The highest BCUT2D eigenvalue weighted by molar-refractivity contribution is 6.32. The molecule has 0 unspecified atom stereocenters. The van der Waals surface area contributed by atoms with Crippen molar-refractivity contribution in [2.75, 3.05) is 12.8 Å². The number of benzene rings is 1. The summed E-state index contributed by atoms with van der Waals surface area (Å²) in [5, 5.41) is 3.38. The molecule has 1 heterocycles. The van der Waals surface area contributed by atoms with Gasteiger partial charge in [0.1, 0.15) is 11.4 Å². The zero-order valence-electron chi connectivity index (χ0n) is 9.58. The van der Waals surface area contributed by atoms with Gasteiger partial charge in [0.25, 0.3) is 0 Å². The zero-order valence-corrected chi connectivity index (χ0v) is 10.3. The Morgan fingerprint density at radius 1 is 1.32 bits per heavy atom. The lowest BCUT2D eigenvalue weighted by Gasteiger charge is -2.13. The molecule has 1 aromatic heterocycles. The molecule has 2 aromatic rings. The van der Waals surface area contributed by atoms with Crippen LogP contribution in [0.15, 0.2) is 22.7 Å². The summed E-state index contributed by atoms with van der Waals surface area (Å²) in [6.45, 7) is 0. The van der Waals surface area contributed by atoms with E-state index in [1.165, 1.54) is 13.2 Å². The summed E-state index contributed by atoms with van der Waals surface area (Å²) in [6.07, 6.45) is -4.53. The number of rotatable bonds is 2. The van der Waals surface area contributed by atoms with Crippen molar-refractivity contribution in [2.24, 2.45) is 0 Å². The van der Waals surface area contributed by atoms with Gasteiger partial charge in [-0.3, -0.25) is 0 Å². The molecule has 0 aliphatic rings. The smallest absolute Gasteiger partial charge is 0.416 e. The molecule has 102 valence electrons. The fraction of sp³-hybridized carbons (Fsp3) is 0.182. The number of nitrogens with two attached hydrogens (primary N) is 1. The quantitative estimate of drug-likeness (QED) is 0.918. The molecule has 1 aromatic carbocycles. The molecule has 2 N–H and O–H groups in total. The van der Waals surface area contributed by atoms with Gasteiger partial charge in [-0.15, -0.1) is 0 Å². The lowest BCUT2D eigenvalue weighted by Crippen LogP contribution is -2.06. The standard InChI is InChI=1S/C11H8ClF3N2O2/c1-18-10-6(8-4-9(16)19-17-8)2-5(3-7(10)12)11(13,14)15/h2-4H,16H2,1H3. The predicted molar refractivity (Wildman–Crippen MR) is 62.9 cm³/mol. The number of hydrogen-bond donors (Lipinski definition) is 1. The first-order chi connectivity index (χ1) is 8.82. The van der Waals surface area contributed by atoms with E-state index in [-0.39, 0.29) is 27.9 Å². The van der Waals surface area contributed by atoms with Crippen LogP contribution in [0.5, 0.6) is 5.75 Å². The number of aromatic nitrogens is 1. The number of nitrogens with zero attached hydrogens (tertiary/aromatic N) is 1. The first-order valence-corrected chi connectivity index (χ1v) is 5.38. The minimum Gasteiger partial charge on any atom is -0.494 e. The van der Waals surface area contributed by atoms with Crippen LogP contribution in [0.1, 0.15) is 5.56 Å². The maximum atomic E-state index is 12.7. The second-order valence-electron chi connectivity index (χ2n) is 3.65. The van der Waals surface area contributed by atoms with E-state index in [2.05, 4.69) is 9.68 Å². The molecular weight excluding hydrogens is 285 g/mol. The second kappa shape index (κ2) is 4.65. The first kappa shape index (κ1) is 13.5. The third kappa shape index (κ3) is 2.60. The van der Waals surface area contributed by atoms with Gasteiger partial charge in [-0.25, -0.2) is 0 Å². The predicted octanol–water partition coefficient (Wildman–Crippen LogP) is 3.60. The third-order valence-electron chi connectivity index (χ3n) is 2.38. The largest absolute Gasteiger partial charge is 0.494 e. The molecule has 0 aliphatic carbocycles. The highest BCUT2D eigenvalue weighted by Crippen LogP contribution is 2.41. The molecule has 0 amide bonds. The van der Waals surface area contributed by atoms with Crippen LogP contribution in [0.3, 0.4) is 0 Å². The van der Waals surface area contributed by atoms with Gasteiger partial charge in [0, 0.05) is 11.6 Å². The van der Waals surface area contributed by atoms with Gasteiger partial charge in [0.05, 0.1) is 17.7 Å². The second-order valence-corrected chi connectivity index (χ2v) is 4.06. The van der Waals surface area contributed by atoms with Crippen LogP contribution >= 0.6 is 11.6 Å². The van der Waals surface area contributed by atoms with Crippen LogP contribution in [0.4, 0.5) is 19.1 Å². The molecule has 0 spiro atoms. The fourth-order valence-corrected chi connectivity index (χ4v) is 1.87. The summed E-state index contributed by atoms with van der Waals surface area (Å²) in [5.74, 6) is 0.0496. The number of ether oxygens (including phenoxy) is 1. The molecule has 8 heteroatoms. The van der Waals surface area contributed by atoms with Crippen LogP contribution < -0.4 is 10.5 Å². The van der Waals surface area contributed by atoms with Gasteiger partial charge in [0.15, 0.2) is 0 Å². The van der Waals surface area contributed by atoms with Crippen LogP contribution in [-0.4, -0.2) is 12.3 Å². The summed E-state index contributed by atoms with van der Waals surface area (Å²) >= 11 is 5.78. The van der Waals surface area contributed by atoms with Crippen molar-refractivity contribution >= 4 is 17.5 Å². The van der Waals surface area contributed by atoms with E-state index in [1.807, 2.05) is 0 Å². The maximum Gasteiger partial charge on any atom is 0.416 e. The Bertz CT molecular complexity index is 610. The average molecular weight is 293 g/mol. The molecule has 0 aliphatic heterocycles. The highest BCUT2D eigenvalue weighted by Gasteiger charge is 2.33. The number of nitrogen functional groups attached to an aromatic ring is 1. The molecule has 2 rings (SSSR count). The van der Waals surface area contributed by atoms with Gasteiger partial charge in [0.2, 0.25) is 5.88 Å². The van der Waals surface area contributed by atoms with Crippen LogP contribution in [0, 0.1) is 0 Å². The Kier molecular flexibility index (Phi) is 3.32. The summed E-state index contributed by atoms with van der Waals surface area (Å²) in [6, 6.07) is 2.95. The Balaban J connectivity index is 2.66. The number of halogens is 4. The maximum absolute atomic E-state index is 12.7. The topological polar surface area (TPSA) is 61.3 Å². The summed E-state index contributed by atoms with van der Waals surface area (Å²) in [5.41, 5.74) is 4.61. The van der Waals surface area contributed by atoms with E-state index in [9.17, 15) is 13.2 Å². The van der Waals surface area contributed by atoms with Crippen molar-refractivity contribution in [3.63, 3.8) is 0 Å². The molecule has 19 heavy (non-hydrogen) atoms. The zero-order chi connectivity index (χ0) is 14.2. The molecule has 0 saturated heterocycles. The SMILES string of the molecule is COc1c(Cl)cc(C(F)(F)F)cc1-c1cc(N)on1. The van der Waals surface area contributed by atoms with E-state index in [4.69, 9.17) is 22.1 Å². The van der Waals surface area contributed by atoms with Crippen molar-refractivity contribution in [1.82, 2.24) is 5.16 Å². The van der Waals surface area contributed by atoms with Gasteiger partial charge < -0.3 is 15.0 Å². The van der Waals surface area contributed by atoms with E-state index >= 15 is 0 Å². The van der Waals surface area contributed by atoms with E-state index < -0.39 is 11.7 Å². The third-order valence-corrected chi connectivity index (χ3v) is 2.66. The lowest BCUT2D eigenvalue weighted by atomic mass is 10.1. The van der Waals surface area contributed by atoms with E-state index in [1.54, 1.807) is 0 Å². The van der Waals surface area contributed by atoms with Crippen molar-refractivity contribution in [3.05, 3.63) is 28.8 Å². The molecule has 0 atom stereocenters.